The van der Waals surface area contributed by atoms with E-state index in [-0.39, 0.29) is 0 Å². The van der Waals surface area contributed by atoms with Crippen LogP contribution < -0.4 is 5.73 Å². The molecule has 0 radical (unpaired) electrons. The number of phenolic OH excluding ortho intramolecular Hbond substituents is 1. The Balaban J connectivity index is 3.29. The Labute approximate surface area is 139 Å². The first-order valence-corrected chi connectivity index (χ1v) is 8.29. The number of benzene rings is 1. The highest BCUT2D eigenvalue weighted by atomic mass is 31.2. The van der Waals surface area contributed by atoms with Crippen LogP contribution in [-0.4, -0.2) is 53.5 Å². The van der Waals surface area contributed by atoms with Crippen LogP contribution in [0.15, 0.2) is 12.1 Å². The molecular weight excluding hydrogens is 365 g/mol. The van der Waals surface area contributed by atoms with Crippen molar-refractivity contribution in [2.45, 2.75) is 12.5 Å². The van der Waals surface area contributed by atoms with Crippen LogP contribution in [0.1, 0.15) is 16.8 Å². The van der Waals surface area contributed by atoms with E-state index in [0.717, 1.165) is 0 Å². The van der Waals surface area contributed by atoms with Crippen molar-refractivity contribution in [1.82, 2.24) is 0 Å². The van der Waals surface area contributed by atoms with Crippen molar-refractivity contribution in [2.24, 2.45) is 5.73 Å². The van der Waals surface area contributed by atoms with Gasteiger partial charge in [-0.1, -0.05) is 0 Å². The minimum Gasteiger partial charge on any atom is -0.501 e. The van der Waals surface area contributed by atoms with Gasteiger partial charge in [0.05, 0.1) is 15.9 Å². The number of hydrogen-bond donors (Lipinski definition) is 5. The Morgan fingerprint density at radius 1 is 1.20 bits per heavy atom. The van der Waals surface area contributed by atoms with E-state index in [9.17, 15) is 44.7 Å². The van der Waals surface area contributed by atoms with Crippen LogP contribution in [0.2, 0.25) is 0 Å². The minimum atomic E-state index is -4.56. The average Bonchev–Trinajstić information content (AvgIpc) is 2.51. The fraction of sp³-hybridized carbons (Fsp3) is 0.273. The monoisotopic (exact) mass is 378 g/mol. The average molecular weight is 378 g/mol. The van der Waals surface area contributed by atoms with Crippen molar-refractivity contribution in [3.8, 4) is 5.75 Å². The lowest BCUT2D eigenvalue weighted by molar-refractivity contribution is -0.394. The van der Waals surface area contributed by atoms with Crippen LogP contribution in [0.4, 0.5) is 11.4 Å². The highest BCUT2D eigenvalue weighted by molar-refractivity contribution is 7.81. The number of carbonyl (C=O) groups excluding carboxylic acids is 1. The highest BCUT2D eigenvalue weighted by Crippen LogP contribution is 2.55. The number of hydrogen-bond acceptors (Lipinski definition) is 10. The zero-order valence-electron chi connectivity index (χ0n) is 12.3. The van der Waals surface area contributed by atoms with Gasteiger partial charge in [0.2, 0.25) is 5.75 Å². The number of carboxylic acids is 1. The molecule has 6 N–H and O–H groups in total. The molecule has 0 aliphatic heterocycles. The Bertz CT molecular complexity index is 750. The maximum absolute atomic E-state index is 12.2. The summed E-state index contributed by atoms with van der Waals surface area (Å²) in [5.74, 6) is -2.73. The predicted molar refractivity (Wildman–Crippen MR) is 82.2 cm³/mol. The predicted octanol–water partition coefficient (Wildman–Crippen LogP) is -0.0170. The number of aromatic hydroxyl groups is 1. The molecule has 0 aliphatic carbocycles. The minimum absolute atomic E-state index is 0.404. The first-order chi connectivity index (χ1) is 11.4. The van der Waals surface area contributed by atoms with Gasteiger partial charge in [0, 0.05) is 12.5 Å². The maximum atomic E-state index is 12.2. The molecule has 1 atom stereocenters. The van der Waals surface area contributed by atoms with Crippen LogP contribution in [0, 0.1) is 20.2 Å². The Morgan fingerprint density at radius 3 is 2.20 bits per heavy atom. The summed E-state index contributed by atoms with van der Waals surface area (Å²) in [6.07, 6.45) is -1.30. The van der Waals surface area contributed by atoms with Gasteiger partial charge in [0.1, 0.15) is 17.8 Å². The molecule has 13 nitrogen and oxygen atoms in total. The Kier molecular flexibility index (Phi) is 6.05. The number of carbonyl (C=O) groups is 2. The van der Waals surface area contributed by atoms with Gasteiger partial charge in [0.15, 0.2) is 0 Å². The lowest BCUT2D eigenvalue weighted by Gasteiger charge is -2.13. The van der Waals surface area contributed by atoms with Crippen molar-refractivity contribution in [3.63, 3.8) is 0 Å². The molecule has 0 saturated carbocycles. The molecule has 0 aromatic heterocycles. The van der Waals surface area contributed by atoms with E-state index in [2.05, 4.69) is 0 Å². The molecule has 14 heteroatoms. The molecule has 1 aromatic rings. The zero-order chi connectivity index (χ0) is 19.5. The van der Waals surface area contributed by atoms with Crippen LogP contribution in [0.3, 0.4) is 0 Å². The fourth-order valence-corrected chi connectivity index (χ4v) is 3.15. The van der Waals surface area contributed by atoms with E-state index in [0.29, 0.717) is 12.1 Å². The molecule has 0 amide bonds. The summed E-state index contributed by atoms with van der Waals surface area (Å²) in [5.41, 5.74) is 0.489. The van der Waals surface area contributed by atoms with Crippen molar-refractivity contribution >= 4 is 30.6 Å². The SMILES string of the molecule is N[C@@H](CC[P+](O)(O)C(=O)c1cc([N+](=O)[O-])cc([N+](=O)[O-])c1O)C(=O)O. The van der Waals surface area contributed by atoms with Crippen LogP contribution in [0.5, 0.6) is 5.75 Å². The molecule has 0 aliphatic rings. The summed E-state index contributed by atoms with van der Waals surface area (Å²) in [4.78, 5) is 61.9. The normalized spacial score (nSPS) is 12.4. The molecule has 0 spiro atoms. The third-order valence-electron chi connectivity index (χ3n) is 3.11. The van der Waals surface area contributed by atoms with E-state index in [1.54, 1.807) is 0 Å². The quantitative estimate of drug-likeness (QED) is 0.229. The standard InChI is InChI=1S/C11H12N3O10P/c12-7(10(16)17)1-2-25(23,24)11(18)6-3-5(13(19)20)4-8(9(6)15)14(21)22/h3-4,7,23-24H,1-2,12H2,(H-,15,16,17,18)/p+1/t7-/m0/s1. The van der Waals surface area contributed by atoms with Crippen LogP contribution >= 0.6 is 7.72 Å². The van der Waals surface area contributed by atoms with Gasteiger partial charge >= 0.3 is 24.9 Å². The van der Waals surface area contributed by atoms with Crippen molar-refractivity contribution < 1.29 is 39.4 Å². The van der Waals surface area contributed by atoms with E-state index < -0.39 is 70.4 Å². The topological polar surface area (TPSA) is 227 Å². The molecule has 1 rings (SSSR count). The maximum Gasteiger partial charge on any atom is 0.361 e. The molecular formula is C11H13N3O10P+. The Hall–Kier alpha value is -2.73. The summed E-state index contributed by atoms with van der Waals surface area (Å²) in [7, 11) is -4.56. The fourth-order valence-electron chi connectivity index (χ4n) is 1.75. The van der Waals surface area contributed by atoms with E-state index in [1.807, 2.05) is 0 Å². The number of nitro groups is 2. The number of rotatable bonds is 8. The molecule has 0 saturated heterocycles. The molecule has 0 unspecified atom stereocenters. The second-order valence-corrected chi connectivity index (χ2v) is 7.18. The summed E-state index contributed by atoms with van der Waals surface area (Å²) < 4.78 is 0. The lowest BCUT2D eigenvalue weighted by atomic mass is 10.1. The Morgan fingerprint density at radius 2 is 1.76 bits per heavy atom. The van der Waals surface area contributed by atoms with Gasteiger partial charge in [-0.15, -0.1) is 0 Å². The van der Waals surface area contributed by atoms with Crippen LogP contribution in [0.25, 0.3) is 0 Å². The van der Waals surface area contributed by atoms with Gasteiger partial charge < -0.3 is 15.9 Å². The number of nitrogens with two attached hydrogens (primary N) is 1. The molecule has 136 valence electrons. The summed E-state index contributed by atoms with van der Waals surface area (Å²) in [6.45, 7) is 0. The largest absolute Gasteiger partial charge is 0.501 e. The van der Waals surface area contributed by atoms with Crippen molar-refractivity contribution in [1.29, 1.82) is 0 Å². The van der Waals surface area contributed by atoms with Crippen molar-refractivity contribution in [3.05, 3.63) is 37.9 Å². The smallest absolute Gasteiger partial charge is 0.361 e. The number of aliphatic carboxylic acids is 1. The lowest BCUT2D eigenvalue weighted by Crippen LogP contribution is -2.31. The number of nitrogens with zero attached hydrogens (tertiary/aromatic N) is 2. The number of non-ortho nitro benzene ring substituents is 1. The molecule has 0 heterocycles. The van der Waals surface area contributed by atoms with Gasteiger partial charge in [-0.2, -0.15) is 0 Å². The number of nitro benzene ring substituents is 2. The summed E-state index contributed by atoms with van der Waals surface area (Å²) in [5, 5.41) is 40.0. The van der Waals surface area contributed by atoms with Crippen LogP contribution in [-0.2, 0) is 4.79 Å². The zero-order valence-corrected chi connectivity index (χ0v) is 13.2. The van der Waals surface area contributed by atoms with E-state index in [1.165, 1.54) is 0 Å². The summed E-state index contributed by atoms with van der Waals surface area (Å²) in [6, 6.07) is -0.635. The molecule has 1 aromatic carbocycles. The molecule has 25 heavy (non-hydrogen) atoms. The van der Waals surface area contributed by atoms with Gasteiger partial charge in [-0.3, -0.25) is 25.0 Å². The van der Waals surface area contributed by atoms with Crippen molar-refractivity contribution in [2.75, 3.05) is 6.16 Å². The number of phenols is 1. The van der Waals surface area contributed by atoms with Gasteiger partial charge in [-0.25, -0.2) is 14.6 Å². The first kappa shape index (κ1) is 20.3. The third kappa shape index (κ3) is 4.64. The second kappa shape index (κ2) is 7.44. The molecule has 0 fully saturated rings. The first-order valence-electron chi connectivity index (χ1n) is 6.41. The third-order valence-corrected chi connectivity index (χ3v) is 4.88. The van der Waals surface area contributed by atoms with Gasteiger partial charge in [0.25, 0.3) is 5.69 Å². The number of carboxylic acid groups (broad SMARTS) is 1. The highest BCUT2D eigenvalue weighted by Gasteiger charge is 2.48. The van der Waals surface area contributed by atoms with E-state index >= 15 is 0 Å². The second-order valence-electron chi connectivity index (χ2n) is 4.87. The summed E-state index contributed by atoms with van der Waals surface area (Å²) >= 11 is 0. The van der Waals surface area contributed by atoms with Gasteiger partial charge in [-0.05, 0) is 0 Å². The molecule has 0 bridgehead atoms. The van der Waals surface area contributed by atoms with E-state index in [4.69, 9.17) is 10.8 Å².